The average Bonchev–Trinajstić information content (AvgIpc) is 2.54. The molecule has 0 aliphatic heterocycles. The van der Waals surface area contributed by atoms with Crippen LogP contribution in [0.25, 0.3) is 11.0 Å². The van der Waals surface area contributed by atoms with Gasteiger partial charge in [-0.1, -0.05) is 0 Å². The van der Waals surface area contributed by atoms with Crippen molar-refractivity contribution >= 4 is 20.8 Å². The Morgan fingerprint density at radius 3 is 2.39 bits per heavy atom. The zero-order valence-corrected chi connectivity index (χ0v) is 12.8. The van der Waals surface area contributed by atoms with E-state index in [1.165, 1.54) is 19.2 Å². The Bertz CT molecular complexity index is 1040. The predicted molar refractivity (Wildman–Crippen MR) is 80.9 cm³/mol. The highest BCUT2D eigenvalue weighted by atomic mass is 32.2. The number of rotatable bonds is 3. The molecule has 0 saturated carbocycles. The van der Waals surface area contributed by atoms with E-state index in [2.05, 4.69) is 0 Å². The fraction of sp³-hybridized carbons (Fsp3) is 0.0625. The van der Waals surface area contributed by atoms with Crippen molar-refractivity contribution in [2.24, 2.45) is 0 Å². The molecule has 0 N–H and O–H groups in total. The second-order valence-electron chi connectivity index (χ2n) is 4.76. The van der Waals surface area contributed by atoms with Crippen LogP contribution in [0.1, 0.15) is 0 Å². The van der Waals surface area contributed by atoms with Crippen LogP contribution in [-0.2, 0) is 9.84 Å². The van der Waals surface area contributed by atoms with E-state index >= 15 is 0 Å². The van der Waals surface area contributed by atoms with Crippen LogP contribution in [0.3, 0.4) is 0 Å². The van der Waals surface area contributed by atoms with Gasteiger partial charge in [0.25, 0.3) is 0 Å². The molecule has 0 atom stereocenters. The quantitative estimate of drug-likeness (QED) is 0.544. The van der Waals surface area contributed by atoms with Crippen LogP contribution < -0.4 is 10.4 Å². The van der Waals surface area contributed by atoms with Crippen LogP contribution >= 0.6 is 0 Å². The van der Waals surface area contributed by atoms with E-state index in [0.717, 1.165) is 24.3 Å². The number of hydrogen-bond acceptors (Lipinski definition) is 5. The molecule has 23 heavy (non-hydrogen) atoms. The highest BCUT2D eigenvalue weighted by molar-refractivity contribution is 7.91. The van der Waals surface area contributed by atoms with Gasteiger partial charge in [-0.05, 0) is 48.5 Å². The van der Waals surface area contributed by atoms with Gasteiger partial charge in [-0.15, -0.1) is 0 Å². The molecule has 0 aliphatic rings. The van der Waals surface area contributed by atoms with Crippen molar-refractivity contribution in [2.45, 2.75) is 9.79 Å². The molecule has 3 aromatic rings. The molecule has 1 aromatic heterocycles. The lowest BCUT2D eigenvalue weighted by molar-refractivity contribution is 0.415. The molecule has 0 aliphatic carbocycles. The van der Waals surface area contributed by atoms with Crippen molar-refractivity contribution in [3.8, 4) is 5.75 Å². The number of hydrogen-bond donors (Lipinski definition) is 0. The minimum atomic E-state index is -4.11. The standard InChI is InChI=1S/C16H11FO5S/c1-21-12-4-7-14-10(8-12)9-15(16(18)22-14)23(19,20)13-5-2-11(17)3-6-13/h2-9H,1H3. The first-order valence-corrected chi connectivity index (χ1v) is 8.03. The molecule has 5 nitrogen and oxygen atoms in total. The van der Waals surface area contributed by atoms with Gasteiger partial charge in [0.2, 0.25) is 9.84 Å². The van der Waals surface area contributed by atoms with Gasteiger partial charge in [0.1, 0.15) is 17.1 Å². The summed E-state index contributed by atoms with van der Waals surface area (Å²) in [6, 6.07) is 10.1. The molecule has 1 heterocycles. The maximum atomic E-state index is 13.0. The summed E-state index contributed by atoms with van der Waals surface area (Å²) in [5.74, 6) is -0.0734. The van der Waals surface area contributed by atoms with Crippen molar-refractivity contribution in [1.82, 2.24) is 0 Å². The van der Waals surface area contributed by atoms with Gasteiger partial charge >= 0.3 is 5.63 Å². The number of fused-ring (bicyclic) bond motifs is 1. The molecule has 118 valence electrons. The second kappa shape index (κ2) is 5.51. The molecule has 0 bridgehead atoms. The Kier molecular flexibility index (Phi) is 3.65. The maximum absolute atomic E-state index is 13.0. The van der Waals surface area contributed by atoms with Crippen LogP contribution in [0, 0.1) is 5.82 Å². The molecule has 0 unspecified atom stereocenters. The molecule has 0 spiro atoms. The largest absolute Gasteiger partial charge is 0.497 e. The van der Waals surface area contributed by atoms with Crippen LogP contribution in [-0.4, -0.2) is 15.5 Å². The fourth-order valence-corrected chi connectivity index (χ4v) is 3.43. The van der Waals surface area contributed by atoms with Crippen molar-refractivity contribution in [1.29, 1.82) is 0 Å². The summed E-state index contributed by atoms with van der Waals surface area (Å²) in [5, 5.41) is 0.407. The van der Waals surface area contributed by atoms with E-state index in [4.69, 9.17) is 9.15 Å². The van der Waals surface area contributed by atoms with Crippen LogP contribution in [0.5, 0.6) is 5.75 Å². The van der Waals surface area contributed by atoms with Crippen molar-refractivity contribution < 1.29 is 22.0 Å². The van der Waals surface area contributed by atoms with Gasteiger partial charge in [-0.25, -0.2) is 17.6 Å². The third-order valence-corrected chi connectivity index (χ3v) is 5.08. The number of ether oxygens (including phenoxy) is 1. The first-order chi connectivity index (χ1) is 10.9. The Morgan fingerprint density at radius 1 is 1.04 bits per heavy atom. The Morgan fingerprint density at radius 2 is 1.74 bits per heavy atom. The zero-order valence-electron chi connectivity index (χ0n) is 11.9. The Balaban J connectivity index is 2.23. The first kappa shape index (κ1) is 15.2. The van der Waals surface area contributed by atoms with Gasteiger partial charge in [0, 0.05) is 5.39 Å². The third kappa shape index (κ3) is 2.70. The lowest BCUT2D eigenvalue weighted by Crippen LogP contribution is -2.14. The van der Waals surface area contributed by atoms with Gasteiger partial charge in [-0.2, -0.15) is 0 Å². The number of halogens is 1. The van der Waals surface area contributed by atoms with Gasteiger partial charge in [0.05, 0.1) is 12.0 Å². The van der Waals surface area contributed by atoms with Crippen molar-refractivity contribution in [2.75, 3.05) is 7.11 Å². The summed E-state index contributed by atoms with van der Waals surface area (Å²) in [4.78, 5) is 11.3. The lowest BCUT2D eigenvalue weighted by Gasteiger charge is -2.06. The highest BCUT2D eigenvalue weighted by Crippen LogP contribution is 2.24. The summed E-state index contributed by atoms with van der Waals surface area (Å²) in [5.41, 5.74) is -0.735. The summed E-state index contributed by atoms with van der Waals surface area (Å²) >= 11 is 0. The fourth-order valence-electron chi connectivity index (χ4n) is 2.14. The first-order valence-electron chi connectivity index (χ1n) is 6.54. The normalized spacial score (nSPS) is 11.6. The molecule has 0 saturated heterocycles. The SMILES string of the molecule is COc1ccc2oc(=O)c(S(=O)(=O)c3ccc(F)cc3)cc2c1. The van der Waals surface area contributed by atoms with Crippen LogP contribution in [0.15, 0.2) is 67.5 Å². The molecule has 3 rings (SSSR count). The van der Waals surface area contributed by atoms with E-state index < -0.39 is 26.2 Å². The van der Waals surface area contributed by atoms with E-state index in [9.17, 15) is 17.6 Å². The van der Waals surface area contributed by atoms with Crippen molar-refractivity contribution in [3.63, 3.8) is 0 Å². The van der Waals surface area contributed by atoms with Crippen LogP contribution in [0.4, 0.5) is 4.39 Å². The molecule has 2 aromatic carbocycles. The minimum Gasteiger partial charge on any atom is -0.497 e. The van der Waals surface area contributed by atoms with E-state index in [1.807, 2.05) is 0 Å². The van der Waals surface area contributed by atoms with Gasteiger partial charge in [0.15, 0.2) is 4.90 Å². The average molecular weight is 334 g/mol. The number of sulfone groups is 1. The molecular weight excluding hydrogens is 323 g/mol. The zero-order chi connectivity index (χ0) is 16.6. The van der Waals surface area contributed by atoms with Gasteiger partial charge < -0.3 is 9.15 Å². The minimum absolute atomic E-state index is 0.187. The molecular formula is C16H11FO5S. The lowest BCUT2D eigenvalue weighted by atomic mass is 10.2. The van der Waals surface area contributed by atoms with E-state index in [-0.39, 0.29) is 10.5 Å². The maximum Gasteiger partial charge on any atom is 0.355 e. The van der Waals surface area contributed by atoms with E-state index in [0.29, 0.717) is 11.1 Å². The van der Waals surface area contributed by atoms with E-state index in [1.54, 1.807) is 12.1 Å². The number of benzene rings is 2. The van der Waals surface area contributed by atoms with Crippen LogP contribution in [0.2, 0.25) is 0 Å². The smallest absolute Gasteiger partial charge is 0.355 e. The summed E-state index contributed by atoms with van der Waals surface area (Å²) < 4.78 is 48.2. The molecule has 7 heteroatoms. The highest BCUT2D eigenvalue weighted by Gasteiger charge is 2.23. The summed E-state index contributed by atoms with van der Waals surface area (Å²) in [6.07, 6.45) is 0. The summed E-state index contributed by atoms with van der Waals surface area (Å²) in [6.45, 7) is 0. The molecule has 0 radical (unpaired) electrons. The Hall–Kier alpha value is -2.67. The van der Waals surface area contributed by atoms with Crippen molar-refractivity contribution in [3.05, 3.63) is 64.8 Å². The topological polar surface area (TPSA) is 73.6 Å². The molecule has 0 amide bonds. The number of methoxy groups -OCH3 is 1. The Labute approximate surface area is 130 Å². The predicted octanol–water partition coefficient (Wildman–Crippen LogP) is 2.77. The second-order valence-corrected chi connectivity index (χ2v) is 6.68. The third-order valence-electron chi connectivity index (χ3n) is 3.32. The monoisotopic (exact) mass is 334 g/mol. The summed E-state index contributed by atoms with van der Waals surface area (Å²) in [7, 11) is -2.64. The van der Waals surface area contributed by atoms with Gasteiger partial charge in [-0.3, -0.25) is 0 Å². The molecule has 0 fully saturated rings.